The molecule has 0 fully saturated rings. The summed E-state index contributed by atoms with van der Waals surface area (Å²) in [4.78, 5) is 55.0. The Labute approximate surface area is 180 Å². The molecular weight excluding hydrogens is 402 g/mol. The Kier molecular flexibility index (Phi) is 8.21. The lowest BCUT2D eigenvalue weighted by atomic mass is 9.99. The number of carbonyl (C=O) groups is 4. The molecule has 0 bridgehead atoms. The molecule has 0 saturated carbocycles. The van der Waals surface area contributed by atoms with Gasteiger partial charge in [0.2, 0.25) is 5.91 Å². The summed E-state index contributed by atoms with van der Waals surface area (Å²) in [5.41, 5.74) is 6.68. The number of carboxylic acids is 1. The minimum atomic E-state index is -1.27. The highest BCUT2D eigenvalue weighted by atomic mass is 16.5. The molecule has 0 aliphatic heterocycles. The highest BCUT2D eigenvalue weighted by molar-refractivity contribution is 6.09. The predicted octanol–water partition coefficient (Wildman–Crippen LogP) is 1.98. The number of nitrogens with two attached hydrogens (primary N) is 1. The van der Waals surface area contributed by atoms with Crippen molar-refractivity contribution in [1.29, 1.82) is 0 Å². The first-order chi connectivity index (χ1) is 14.6. The molecule has 2 amide bonds. The number of benzene rings is 1. The Hall–Kier alpha value is -3.33. The zero-order chi connectivity index (χ0) is 23.1. The number of carbonyl (C=O) groups excluding carboxylic acids is 3. The van der Waals surface area contributed by atoms with Crippen molar-refractivity contribution in [3.8, 4) is 0 Å². The second-order valence-electron chi connectivity index (χ2n) is 7.64. The monoisotopic (exact) mass is 429 g/mol. The number of para-hydroxylation sites is 1. The van der Waals surface area contributed by atoms with Gasteiger partial charge in [-0.05, 0) is 30.9 Å². The lowest BCUT2D eigenvalue weighted by molar-refractivity contribution is -0.152. The molecule has 2 aromatic rings. The second kappa shape index (κ2) is 10.6. The van der Waals surface area contributed by atoms with Crippen LogP contribution >= 0.6 is 0 Å². The average Bonchev–Trinajstić information content (AvgIpc) is 2.75. The maximum Gasteiger partial charge on any atom is 0.329 e. The van der Waals surface area contributed by atoms with E-state index in [9.17, 15) is 19.2 Å². The summed E-state index contributed by atoms with van der Waals surface area (Å²) >= 11 is 0. The first-order valence-electron chi connectivity index (χ1n) is 9.93. The van der Waals surface area contributed by atoms with Crippen molar-refractivity contribution in [2.24, 2.45) is 11.7 Å². The lowest BCUT2D eigenvalue weighted by Gasteiger charge is -2.31. The summed E-state index contributed by atoms with van der Waals surface area (Å²) in [5.74, 6) is -3.50. The smallest absolute Gasteiger partial charge is 0.329 e. The van der Waals surface area contributed by atoms with Crippen molar-refractivity contribution in [3.63, 3.8) is 0 Å². The number of aliphatic carboxylic acids is 1. The van der Waals surface area contributed by atoms with Gasteiger partial charge in [0.05, 0.1) is 24.2 Å². The predicted molar refractivity (Wildman–Crippen MR) is 113 cm³/mol. The average molecular weight is 429 g/mol. The van der Waals surface area contributed by atoms with Crippen molar-refractivity contribution in [2.75, 3.05) is 7.11 Å². The molecule has 0 unspecified atom stereocenters. The number of esters is 1. The van der Waals surface area contributed by atoms with Gasteiger partial charge in [0.15, 0.2) is 0 Å². The van der Waals surface area contributed by atoms with Crippen LogP contribution in [0.2, 0.25) is 0 Å². The number of hydrogen-bond acceptors (Lipinski definition) is 7. The van der Waals surface area contributed by atoms with Gasteiger partial charge in [-0.2, -0.15) is 0 Å². The number of methoxy groups -OCH3 is 1. The van der Waals surface area contributed by atoms with Gasteiger partial charge in [0.25, 0.3) is 5.91 Å². The van der Waals surface area contributed by atoms with Gasteiger partial charge in [-0.25, -0.2) is 4.79 Å². The van der Waals surface area contributed by atoms with E-state index in [1.165, 1.54) is 13.3 Å². The second-order valence-corrected chi connectivity index (χ2v) is 7.64. The summed E-state index contributed by atoms with van der Waals surface area (Å²) < 4.78 is 4.84. The van der Waals surface area contributed by atoms with Crippen molar-refractivity contribution >= 4 is 34.7 Å². The van der Waals surface area contributed by atoms with E-state index in [0.717, 1.165) is 4.90 Å². The third kappa shape index (κ3) is 6.08. The van der Waals surface area contributed by atoms with E-state index < -0.39 is 35.8 Å². The van der Waals surface area contributed by atoms with Crippen LogP contribution < -0.4 is 5.73 Å². The normalized spacial score (nSPS) is 12.9. The molecule has 0 spiro atoms. The molecule has 2 rings (SSSR count). The number of hydrogen-bond donors (Lipinski definition) is 2. The molecule has 166 valence electrons. The van der Waals surface area contributed by atoms with E-state index in [0.29, 0.717) is 10.9 Å². The molecule has 0 aliphatic rings. The van der Waals surface area contributed by atoms with Crippen LogP contribution in [0.5, 0.6) is 0 Å². The van der Waals surface area contributed by atoms with Crippen LogP contribution in [0.1, 0.15) is 43.5 Å². The van der Waals surface area contributed by atoms with Crippen molar-refractivity contribution in [3.05, 3.63) is 42.1 Å². The number of nitrogens with zero attached hydrogens (tertiary/aromatic N) is 2. The van der Waals surface area contributed by atoms with Crippen molar-refractivity contribution in [2.45, 2.75) is 45.2 Å². The molecule has 1 heterocycles. The fraction of sp³-hybridized carbons (Fsp3) is 0.409. The van der Waals surface area contributed by atoms with Crippen LogP contribution in [0, 0.1) is 5.92 Å². The molecule has 1 aromatic heterocycles. The number of fused-ring (bicyclic) bond motifs is 1. The standard InChI is InChI=1S/C22H27N3O6/c1-13(2)10-18(22(30)31-3)25(21(29)16(23)8-9-19(26)27)20(28)15-11-14-6-4-5-7-17(14)24-12-15/h4-7,11-13,16,18H,8-10,23H2,1-3H3,(H,26,27)/t16-,18+/m0/s1. The van der Waals surface area contributed by atoms with Gasteiger partial charge in [-0.1, -0.05) is 32.0 Å². The Balaban J connectivity index is 2.49. The molecule has 2 atom stereocenters. The number of imide groups is 1. The SMILES string of the molecule is COC(=O)[C@@H](CC(C)C)N(C(=O)c1cnc2ccccc2c1)C(=O)[C@@H](N)CCC(=O)O. The Morgan fingerprint density at radius 1 is 1.19 bits per heavy atom. The Morgan fingerprint density at radius 2 is 1.87 bits per heavy atom. The summed E-state index contributed by atoms with van der Waals surface area (Å²) in [6, 6.07) is 6.26. The lowest BCUT2D eigenvalue weighted by Crippen LogP contribution is -2.55. The third-order valence-electron chi connectivity index (χ3n) is 4.76. The van der Waals surface area contributed by atoms with E-state index >= 15 is 0 Å². The molecule has 9 nitrogen and oxygen atoms in total. The maximum atomic E-state index is 13.4. The van der Waals surface area contributed by atoms with Crippen molar-refractivity contribution < 1.29 is 29.0 Å². The number of ether oxygens (including phenoxy) is 1. The van der Waals surface area contributed by atoms with E-state index in [1.807, 2.05) is 19.9 Å². The highest BCUT2D eigenvalue weighted by Gasteiger charge is 2.38. The minimum absolute atomic E-state index is 0.0443. The first kappa shape index (κ1) is 23.9. The van der Waals surface area contributed by atoms with Crippen LogP contribution in [-0.4, -0.2) is 57.9 Å². The van der Waals surface area contributed by atoms with Crippen molar-refractivity contribution in [1.82, 2.24) is 9.88 Å². The number of pyridine rings is 1. The molecule has 0 aliphatic carbocycles. The molecule has 9 heteroatoms. The Morgan fingerprint density at radius 3 is 2.48 bits per heavy atom. The molecule has 0 radical (unpaired) electrons. The number of amides is 2. The van der Waals surface area contributed by atoms with Gasteiger partial charge in [0.1, 0.15) is 6.04 Å². The highest BCUT2D eigenvalue weighted by Crippen LogP contribution is 2.20. The summed E-state index contributed by atoms with van der Waals surface area (Å²) in [5, 5.41) is 9.58. The van der Waals surface area contributed by atoms with Crippen LogP contribution in [-0.2, 0) is 19.1 Å². The largest absolute Gasteiger partial charge is 0.481 e. The third-order valence-corrected chi connectivity index (χ3v) is 4.76. The number of rotatable bonds is 9. The molecular formula is C22H27N3O6. The summed E-state index contributed by atoms with van der Waals surface area (Å²) in [7, 11) is 1.17. The first-order valence-corrected chi connectivity index (χ1v) is 9.93. The zero-order valence-electron chi connectivity index (χ0n) is 17.8. The van der Waals surface area contributed by atoms with E-state index in [2.05, 4.69) is 4.98 Å². The Bertz CT molecular complexity index is 975. The van der Waals surface area contributed by atoms with Gasteiger partial charge in [0, 0.05) is 18.0 Å². The summed E-state index contributed by atoms with van der Waals surface area (Å²) in [6.07, 6.45) is 0.970. The van der Waals surface area contributed by atoms with Gasteiger partial charge < -0.3 is 15.6 Å². The van der Waals surface area contributed by atoms with Crippen LogP contribution in [0.25, 0.3) is 10.9 Å². The molecule has 3 N–H and O–H groups in total. The zero-order valence-corrected chi connectivity index (χ0v) is 17.8. The van der Waals surface area contributed by atoms with Crippen LogP contribution in [0.4, 0.5) is 0 Å². The van der Waals surface area contributed by atoms with Crippen LogP contribution in [0.3, 0.4) is 0 Å². The molecule has 0 saturated heterocycles. The molecule has 1 aromatic carbocycles. The minimum Gasteiger partial charge on any atom is -0.481 e. The van der Waals surface area contributed by atoms with E-state index in [-0.39, 0.29) is 30.7 Å². The topological polar surface area (TPSA) is 140 Å². The number of aromatic nitrogens is 1. The van der Waals surface area contributed by atoms with Gasteiger partial charge >= 0.3 is 11.9 Å². The van der Waals surface area contributed by atoms with E-state index in [4.69, 9.17) is 15.6 Å². The van der Waals surface area contributed by atoms with Gasteiger partial charge in [-0.15, -0.1) is 0 Å². The fourth-order valence-electron chi connectivity index (χ4n) is 3.19. The quantitative estimate of drug-likeness (QED) is 0.577. The maximum absolute atomic E-state index is 13.4. The van der Waals surface area contributed by atoms with E-state index in [1.54, 1.807) is 24.3 Å². The molecule has 31 heavy (non-hydrogen) atoms. The van der Waals surface area contributed by atoms with Crippen LogP contribution in [0.15, 0.2) is 36.5 Å². The fourth-order valence-corrected chi connectivity index (χ4v) is 3.19. The van der Waals surface area contributed by atoms with Gasteiger partial charge in [-0.3, -0.25) is 24.3 Å². The number of carboxylic acid groups (broad SMARTS) is 1. The summed E-state index contributed by atoms with van der Waals surface area (Å²) in [6.45, 7) is 3.68.